The smallest absolute Gasteiger partial charge is 0.296 e. The van der Waals surface area contributed by atoms with Crippen LogP contribution in [0.3, 0.4) is 0 Å². The molecule has 3 rings (SSSR count). The SMILES string of the molecule is CCOc1ccc(NC(=O)c2ccc(Cn3nc(C)c(Cl)c3C)o2)c([N+](=O)[O-])c1. The Hall–Kier alpha value is -3.33. The summed E-state index contributed by atoms with van der Waals surface area (Å²) in [4.78, 5) is 23.2. The second-order valence-electron chi connectivity index (χ2n) is 6.23. The van der Waals surface area contributed by atoms with Gasteiger partial charge in [-0.05, 0) is 45.0 Å². The van der Waals surface area contributed by atoms with Crippen molar-refractivity contribution in [2.45, 2.75) is 27.3 Å². The number of benzene rings is 1. The van der Waals surface area contributed by atoms with Gasteiger partial charge in [-0.15, -0.1) is 0 Å². The van der Waals surface area contributed by atoms with E-state index in [9.17, 15) is 14.9 Å². The average Bonchev–Trinajstić information content (AvgIpc) is 3.24. The maximum atomic E-state index is 12.5. The first-order valence-electron chi connectivity index (χ1n) is 8.81. The van der Waals surface area contributed by atoms with E-state index in [4.69, 9.17) is 20.8 Å². The van der Waals surface area contributed by atoms with Crippen LogP contribution in [0.15, 0.2) is 34.7 Å². The molecule has 0 bridgehead atoms. The Morgan fingerprint density at radius 1 is 1.34 bits per heavy atom. The lowest BCUT2D eigenvalue weighted by Gasteiger charge is -2.07. The molecule has 1 N–H and O–H groups in total. The number of furan rings is 1. The summed E-state index contributed by atoms with van der Waals surface area (Å²) >= 11 is 6.14. The van der Waals surface area contributed by atoms with Crippen molar-refractivity contribution >= 4 is 28.9 Å². The van der Waals surface area contributed by atoms with E-state index in [0.717, 1.165) is 5.69 Å². The standard InChI is InChI=1S/C19H19ClN4O5/c1-4-28-13-5-7-15(16(9-13)24(26)27)21-19(25)17-8-6-14(29-17)10-23-12(3)18(20)11(2)22-23/h5-9H,4,10H2,1-3H3,(H,21,25). The van der Waals surface area contributed by atoms with Crippen LogP contribution < -0.4 is 10.1 Å². The number of carbonyl (C=O) groups excluding carboxylic acids is 1. The normalized spacial score (nSPS) is 10.8. The lowest BCUT2D eigenvalue weighted by molar-refractivity contribution is -0.384. The number of amides is 1. The first-order valence-corrected chi connectivity index (χ1v) is 9.18. The van der Waals surface area contributed by atoms with Crippen molar-refractivity contribution in [3.8, 4) is 5.75 Å². The summed E-state index contributed by atoms with van der Waals surface area (Å²) < 4.78 is 12.5. The zero-order valence-corrected chi connectivity index (χ0v) is 16.8. The van der Waals surface area contributed by atoms with Crippen molar-refractivity contribution in [3.05, 3.63) is 68.4 Å². The Labute approximate surface area is 171 Å². The number of nitro benzene ring substituents is 1. The predicted octanol–water partition coefficient (Wildman–Crippen LogP) is 4.35. The summed E-state index contributed by atoms with van der Waals surface area (Å²) in [6.07, 6.45) is 0. The van der Waals surface area contributed by atoms with Gasteiger partial charge in [0.15, 0.2) is 5.76 Å². The quantitative estimate of drug-likeness (QED) is 0.450. The number of anilines is 1. The van der Waals surface area contributed by atoms with Crippen molar-refractivity contribution in [1.82, 2.24) is 9.78 Å². The van der Waals surface area contributed by atoms with E-state index in [1.165, 1.54) is 18.2 Å². The van der Waals surface area contributed by atoms with Gasteiger partial charge in [-0.25, -0.2) is 0 Å². The van der Waals surface area contributed by atoms with Crippen LogP contribution in [-0.2, 0) is 6.54 Å². The highest BCUT2D eigenvalue weighted by molar-refractivity contribution is 6.31. The number of aromatic nitrogens is 2. The van der Waals surface area contributed by atoms with E-state index in [2.05, 4.69) is 10.4 Å². The largest absolute Gasteiger partial charge is 0.494 e. The zero-order chi connectivity index (χ0) is 21.1. The number of rotatable bonds is 7. The molecule has 0 aliphatic carbocycles. The minimum absolute atomic E-state index is 0.0239. The van der Waals surface area contributed by atoms with Gasteiger partial charge in [0, 0.05) is 0 Å². The van der Waals surface area contributed by atoms with E-state index in [-0.39, 0.29) is 17.1 Å². The third-order valence-corrected chi connectivity index (χ3v) is 4.76. The number of carbonyl (C=O) groups is 1. The highest BCUT2D eigenvalue weighted by Crippen LogP contribution is 2.29. The third-order valence-electron chi connectivity index (χ3n) is 4.21. The molecule has 2 aromatic heterocycles. The number of ether oxygens (including phenoxy) is 1. The van der Waals surface area contributed by atoms with Gasteiger partial charge in [0.2, 0.25) is 0 Å². The molecule has 29 heavy (non-hydrogen) atoms. The third kappa shape index (κ3) is 4.40. The highest BCUT2D eigenvalue weighted by Gasteiger charge is 2.20. The Bertz CT molecular complexity index is 1070. The molecule has 1 aromatic carbocycles. The number of nitrogens with zero attached hydrogens (tertiary/aromatic N) is 3. The molecular formula is C19H19ClN4O5. The maximum absolute atomic E-state index is 12.5. The van der Waals surface area contributed by atoms with Crippen molar-refractivity contribution in [3.63, 3.8) is 0 Å². The fourth-order valence-corrected chi connectivity index (χ4v) is 2.91. The summed E-state index contributed by atoms with van der Waals surface area (Å²) in [6, 6.07) is 7.37. The molecule has 2 heterocycles. The molecule has 1 amide bonds. The molecule has 3 aromatic rings. The van der Waals surface area contributed by atoms with Crippen LogP contribution >= 0.6 is 11.6 Å². The number of nitrogens with one attached hydrogen (secondary N) is 1. The number of nitro groups is 1. The predicted molar refractivity (Wildman–Crippen MR) is 107 cm³/mol. The topological polar surface area (TPSA) is 112 Å². The fraction of sp³-hybridized carbons (Fsp3) is 0.263. The summed E-state index contributed by atoms with van der Waals surface area (Å²) in [5, 5.41) is 18.7. The highest BCUT2D eigenvalue weighted by atomic mass is 35.5. The van der Waals surface area contributed by atoms with Gasteiger partial charge >= 0.3 is 0 Å². The van der Waals surface area contributed by atoms with Crippen molar-refractivity contribution < 1.29 is 18.9 Å². The van der Waals surface area contributed by atoms with Crippen LogP contribution in [0.5, 0.6) is 5.75 Å². The molecule has 0 unspecified atom stereocenters. The Morgan fingerprint density at radius 3 is 2.72 bits per heavy atom. The molecular weight excluding hydrogens is 400 g/mol. The first-order chi connectivity index (χ1) is 13.8. The molecule has 152 valence electrons. The molecule has 0 atom stereocenters. The van der Waals surface area contributed by atoms with Gasteiger partial charge in [0.25, 0.3) is 11.6 Å². The van der Waals surface area contributed by atoms with Crippen LogP contribution in [0.1, 0.15) is 34.6 Å². The van der Waals surface area contributed by atoms with Gasteiger partial charge < -0.3 is 14.5 Å². The van der Waals surface area contributed by atoms with Crippen molar-refractivity contribution in [2.75, 3.05) is 11.9 Å². The Balaban J connectivity index is 1.77. The van der Waals surface area contributed by atoms with Crippen LogP contribution in [0, 0.1) is 24.0 Å². The minimum atomic E-state index is -0.602. The number of aryl methyl sites for hydroxylation is 1. The summed E-state index contributed by atoms with van der Waals surface area (Å²) in [7, 11) is 0. The monoisotopic (exact) mass is 418 g/mol. The lowest BCUT2D eigenvalue weighted by Crippen LogP contribution is -2.12. The van der Waals surface area contributed by atoms with Gasteiger partial charge in [-0.1, -0.05) is 11.6 Å². The lowest BCUT2D eigenvalue weighted by atomic mass is 10.2. The average molecular weight is 419 g/mol. The molecule has 0 aliphatic rings. The molecule has 9 nitrogen and oxygen atoms in total. The number of hydrogen-bond donors (Lipinski definition) is 1. The molecule has 10 heteroatoms. The van der Waals surface area contributed by atoms with E-state index < -0.39 is 10.8 Å². The molecule has 0 saturated heterocycles. The summed E-state index contributed by atoms with van der Waals surface area (Å²) in [6.45, 7) is 6.09. The second-order valence-corrected chi connectivity index (χ2v) is 6.61. The van der Waals surface area contributed by atoms with Gasteiger partial charge in [0.05, 0.1) is 40.6 Å². The van der Waals surface area contributed by atoms with Gasteiger partial charge in [0.1, 0.15) is 17.2 Å². The molecule has 0 fully saturated rings. The first kappa shape index (κ1) is 20.4. The van der Waals surface area contributed by atoms with Crippen LogP contribution in [0.2, 0.25) is 5.02 Å². The minimum Gasteiger partial charge on any atom is -0.494 e. The maximum Gasteiger partial charge on any atom is 0.296 e. The number of halogens is 1. The Kier molecular flexibility index (Phi) is 5.88. The molecule has 0 spiro atoms. The van der Waals surface area contributed by atoms with Crippen molar-refractivity contribution in [1.29, 1.82) is 0 Å². The zero-order valence-electron chi connectivity index (χ0n) is 16.1. The van der Waals surface area contributed by atoms with Crippen LogP contribution in [0.4, 0.5) is 11.4 Å². The van der Waals surface area contributed by atoms with Gasteiger partial charge in [-0.3, -0.25) is 19.6 Å². The molecule has 0 saturated carbocycles. The number of hydrogen-bond acceptors (Lipinski definition) is 6. The van der Waals surface area contributed by atoms with E-state index >= 15 is 0 Å². The van der Waals surface area contributed by atoms with Gasteiger partial charge in [-0.2, -0.15) is 5.10 Å². The summed E-state index contributed by atoms with van der Waals surface area (Å²) in [5.41, 5.74) is 1.27. The molecule has 0 aliphatic heterocycles. The summed E-state index contributed by atoms with van der Waals surface area (Å²) in [5.74, 6) is 0.269. The van der Waals surface area contributed by atoms with E-state index in [0.29, 0.717) is 35.4 Å². The Morgan fingerprint density at radius 2 is 2.10 bits per heavy atom. The fourth-order valence-electron chi connectivity index (χ4n) is 2.77. The van der Waals surface area contributed by atoms with E-state index in [1.807, 2.05) is 6.92 Å². The van der Waals surface area contributed by atoms with E-state index in [1.54, 1.807) is 30.7 Å². The second kappa shape index (κ2) is 8.36. The van der Waals surface area contributed by atoms with Crippen LogP contribution in [-0.4, -0.2) is 27.2 Å². The van der Waals surface area contributed by atoms with Crippen LogP contribution in [0.25, 0.3) is 0 Å². The molecule has 0 radical (unpaired) electrons. The van der Waals surface area contributed by atoms with Crippen molar-refractivity contribution in [2.24, 2.45) is 0 Å².